The molecule has 1 fully saturated rings. The van der Waals surface area contributed by atoms with Gasteiger partial charge in [-0.15, -0.1) is 0 Å². The lowest BCUT2D eigenvalue weighted by Gasteiger charge is -2.13. The number of aldehydes is 1. The SMILES string of the molecule is Cc1cc(OCC2(C=O)CC2)cc(OS(=O)(=O)c2ccccc2C#N)c1. The van der Waals surface area contributed by atoms with E-state index in [1.165, 1.54) is 24.3 Å². The number of hydrogen-bond donors (Lipinski definition) is 0. The highest BCUT2D eigenvalue weighted by Crippen LogP contribution is 2.43. The van der Waals surface area contributed by atoms with E-state index in [0.717, 1.165) is 24.7 Å². The van der Waals surface area contributed by atoms with Crippen LogP contribution in [0.4, 0.5) is 0 Å². The van der Waals surface area contributed by atoms with Crippen LogP contribution >= 0.6 is 0 Å². The molecular formula is C19H17NO5S. The third-order valence-corrected chi connectivity index (χ3v) is 5.48. The van der Waals surface area contributed by atoms with Crippen LogP contribution in [-0.4, -0.2) is 21.3 Å². The molecule has 1 aliphatic carbocycles. The van der Waals surface area contributed by atoms with Gasteiger partial charge < -0.3 is 13.7 Å². The fourth-order valence-corrected chi connectivity index (χ4v) is 3.55. The Balaban J connectivity index is 1.83. The lowest BCUT2D eigenvalue weighted by molar-refractivity contribution is -0.113. The summed E-state index contributed by atoms with van der Waals surface area (Å²) < 4.78 is 35.9. The molecule has 0 unspecified atom stereocenters. The van der Waals surface area contributed by atoms with E-state index in [2.05, 4.69) is 0 Å². The first-order chi connectivity index (χ1) is 12.4. The second-order valence-electron chi connectivity index (χ2n) is 6.40. The average molecular weight is 371 g/mol. The molecule has 0 aliphatic heterocycles. The molecule has 1 aliphatic rings. The van der Waals surface area contributed by atoms with Crippen LogP contribution in [0.2, 0.25) is 0 Å². The van der Waals surface area contributed by atoms with Gasteiger partial charge in [-0.3, -0.25) is 0 Å². The summed E-state index contributed by atoms with van der Waals surface area (Å²) in [6.07, 6.45) is 2.50. The van der Waals surface area contributed by atoms with E-state index in [9.17, 15) is 13.2 Å². The zero-order valence-corrected chi connectivity index (χ0v) is 15.0. The number of aryl methyl sites for hydroxylation is 1. The first-order valence-electron chi connectivity index (χ1n) is 8.02. The van der Waals surface area contributed by atoms with Gasteiger partial charge in [-0.2, -0.15) is 13.7 Å². The minimum Gasteiger partial charge on any atom is -0.492 e. The number of nitriles is 1. The van der Waals surface area contributed by atoms with Crippen LogP contribution in [0, 0.1) is 23.7 Å². The summed E-state index contributed by atoms with van der Waals surface area (Å²) in [5.41, 5.74) is 0.346. The number of carbonyl (C=O) groups excluding carboxylic acids is 1. The molecule has 2 aromatic carbocycles. The minimum absolute atomic E-state index is 0.0123. The Labute approximate surface area is 152 Å². The maximum Gasteiger partial charge on any atom is 0.340 e. The summed E-state index contributed by atoms with van der Waals surface area (Å²) in [4.78, 5) is 10.8. The van der Waals surface area contributed by atoms with Crippen LogP contribution < -0.4 is 8.92 Å². The van der Waals surface area contributed by atoms with Crippen LogP contribution in [0.25, 0.3) is 0 Å². The number of ether oxygens (including phenoxy) is 1. The van der Waals surface area contributed by atoms with Gasteiger partial charge >= 0.3 is 10.1 Å². The second-order valence-corrected chi connectivity index (χ2v) is 7.91. The van der Waals surface area contributed by atoms with Gasteiger partial charge in [0.05, 0.1) is 11.0 Å². The van der Waals surface area contributed by atoms with Gasteiger partial charge in [-0.1, -0.05) is 12.1 Å². The van der Waals surface area contributed by atoms with E-state index >= 15 is 0 Å². The van der Waals surface area contributed by atoms with Crippen molar-refractivity contribution in [2.75, 3.05) is 6.61 Å². The fraction of sp³-hybridized carbons (Fsp3) is 0.263. The van der Waals surface area contributed by atoms with Gasteiger partial charge in [0.2, 0.25) is 0 Å². The van der Waals surface area contributed by atoms with Crippen molar-refractivity contribution in [3.63, 3.8) is 0 Å². The molecule has 2 aromatic rings. The van der Waals surface area contributed by atoms with Crippen LogP contribution in [-0.2, 0) is 14.9 Å². The number of nitrogens with zero attached hydrogens (tertiary/aromatic N) is 1. The molecule has 0 saturated heterocycles. The molecule has 26 heavy (non-hydrogen) atoms. The fourth-order valence-electron chi connectivity index (χ4n) is 2.48. The normalized spacial score (nSPS) is 14.9. The molecule has 134 valence electrons. The molecule has 1 saturated carbocycles. The highest BCUT2D eigenvalue weighted by molar-refractivity contribution is 7.87. The number of rotatable bonds is 7. The van der Waals surface area contributed by atoms with Crippen molar-refractivity contribution >= 4 is 16.4 Å². The molecule has 0 heterocycles. The van der Waals surface area contributed by atoms with Crippen molar-refractivity contribution in [1.82, 2.24) is 0 Å². The lowest BCUT2D eigenvalue weighted by Crippen LogP contribution is -2.14. The predicted octanol–water partition coefficient (Wildman–Crippen LogP) is 2.99. The third kappa shape index (κ3) is 3.86. The van der Waals surface area contributed by atoms with Crippen molar-refractivity contribution < 1.29 is 22.1 Å². The molecule has 0 radical (unpaired) electrons. The molecule has 0 spiro atoms. The Morgan fingerprint density at radius 3 is 2.54 bits per heavy atom. The van der Waals surface area contributed by atoms with Crippen LogP contribution in [0.5, 0.6) is 11.5 Å². The summed E-state index contributed by atoms with van der Waals surface area (Å²) in [5.74, 6) is 0.514. The highest BCUT2D eigenvalue weighted by atomic mass is 32.2. The summed E-state index contributed by atoms with van der Waals surface area (Å²) in [7, 11) is -4.16. The first kappa shape index (κ1) is 18.0. The van der Waals surface area contributed by atoms with E-state index in [1.807, 2.05) is 6.07 Å². The van der Waals surface area contributed by atoms with Gasteiger partial charge in [0.1, 0.15) is 35.4 Å². The molecule has 0 aromatic heterocycles. The van der Waals surface area contributed by atoms with E-state index < -0.39 is 15.5 Å². The lowest BCUT2D eigenvalue weighted by atomic mass is 10.1. The predicted molar refractivity (Wildman–Crippen MR) is 93.4 cm³/mol. The topological polar surface area (TPSA) is 93.5 Å². The minimum atomic E-state index is -4.16. The van der Waals surface area contributed by atoms with Crippen molar-refractivity contribution in [2.45, 2.75) is 24.7 Å². The highest BCUT2D eigenvalue weighted by Gasteiger charge is 2.43. The Kier molecular flexibility index (Phi) is 4.70. The van der Waals surface area contributed by atoms with Gasteiger partial charge in [-0.25, -0.2) is 0 Å². The molecule has 6 nitrogen and oxygen atoms in total. The molecule has 3 rings (SSSR count). The van der Waals surface area contributed by atoms with Crippen LogP contribution in [0.15, 0.2) is 47.4 Å². The van der Waals surface area contributed by atoms with E-state index in [0.29, 0.717) is 5.75 Å². The van der Waals surface area contributed by atoms with E-state index in [-0.39, 0.29) is 22.8 Å². The number of carbonyl (C=O) groups is 1. The molecular weight excluding hydrogens is 354 g/mol. The Bertz CT molecular complexity index is 987. The van der Waals surface area contributed by atoms with Crippen molar-refractivity contribution in [1.29, 1.82) is 5.26 Å². The largest absolute Gasteiger partial charge is 0.492 e. The van der Waals surface area contributed by atoms with Crippen LogP contribution in [0.3, 0.4) is 0 Å². The zero-order chi connectivity index (χ0) is 18.8. The average Bonchev–Trinajstić information content (AvgIpc) is 3.40. The summed E-state index contributed by atoms with van der Waals surface area (Å²) in [6, 6.07) is 12.4. The maximum absolute atomic E-state index is 12.5. The molecule has 0 bridgehead atoms. The van der Waals surface area contributed by atoms with E-state index in [1.54, 1.807) is 25.1 Å². The van der Waals surface area contributed by atoms with Crippen molar-refractivity contribution in [2.24, 2.45) is 5.41 Å². The Morgan fingerprint density at radius 1 is 1.19 bits per heavy atom. The van der Waals surface area contributed by atoms with Gasteiger partial charge in [0, 0.05) is 6.07 Å². The standard InChI is InChI=1S/C19H17NO5S/c1-14-8-16(24-13-19(12-21)6-7-19)10-17(9-14)25-26(22,23)18-5-3-2-4-15(18)11-20/h2-5,8-10,12H,6-7,13H2,1H3. The van der Waals surface area contributed by atoms with Gasteiger partial charge in [0.25, 0.3) is 0 Å². The monoisotopic (exact) mass is 371 g/mol. The quantitative estimate of drug-likeness (QED) is 0.549. The number of benzene rings is 2. The zero-order valence-electron chi connectivity index (χ0n) is 14.1. The second kappa shape index (κ2) is 6.81. The number of hydrogen-bond acceptors (Lipinski definition) is 6. The first-order valence-corrected chi connectivity index (χ1v) is 9.43. The molecule has 0 N–H and O–H groups in total. The smallest absolute Gasteiger partial charge is 0.340 e. The van der Waals surface area contributed by atoms with Crippen LogP contribution in [0.1, 0.15) is 24.0 Å². The summed E-state index contributed by atoms with van der Waals surface area (Å²) in [6.45, 7) is 2.03. The van der Waals surface area contributed by atoms with Crippen molar-refractivity contribution in [3.8, 4) is 17.6 Å². The molecule has 7 heteroatoms. The van der Waals surface area contributed by atoms with Crippen molar-refractivity contribution in [3.05, 3.63) is 53.6 Å². The third-order valence-electron chi connectivity index (χ3n) is 4.18. The maximum atomic E-state index is 12.5. The molecule has 0 amide bonds. The summed E-state index contributed by atoms with van der Waals surface area (Å²) >= 11 is 0. The molecule has 0 atom stereocenters. The summed E-state index contributed by atoms with van der Waals surface area (Å²) in [5, 5.41) is 9.09. The van der Waals surface area contributed by atoms with E-state index in [4.69, 9.17) is 14.2 Å². The van der Waals surface area contributed by atoms with Gasteiger partial charge in [-0.05, 0) is 49.6 Å². The Hall–Kier alpha value is -2.85. The Morgan fingerprint density at radius 2 is 1.88 bits per heavy atom. The van der Waals surface area contributed by atoms with Gasteiger partial charge in [0.15, 0.2) is 0 Å².